The maximum atomic E-state index is 13.3. The van der Waals surface area contributed by atoms with Crippen molar-refractivity contribution in [2.24, 2.45) is 0 Å². The highest BCUT2D eigenvalue weighted by Crippen LogP contribution is 2.38. The number of hydrogen-bond donors (Lipinski definition) is 1. The molecule has 42 heavy (non-hydrogen) atoms. The maximum absolute atomic E-state index is 13.3. The Morgan fingerprint density at radius 1 is 1.00 bits per heavy atom. The van der Waals surface area contributed by atoms with Crippen LogP contribution in [-0.4, -0.2) is 35.3 Å². The Labute approximate surface area is 244 Å². The van der Waals surface area contributed by atoms with E-state index in [1.54, 1.807) is 24.3 Å². The minimum Gasteiger partial charge on any atom is -0.378 e. The second-order valence-corrected chi connectivity index (χ2v) is 11.7. The SMILES string of the molecule is CC(=O)Nc1ccc(S(=O)(=O)Oc2ccc3ccccc3c2/C=C2\SC(=O)N(Cc3ccc([N+](=O)[O-])cc3)C2=O)cc1. The lowest BCUT2D eigenvalue weighted by Crippen LogP contribution is -2.27. The topological polar surface area (TPSA) is 153 Å². The third-order valence-corrected chi connectivity index (χ3v) is 8.39. The summed E-state index contributed by atoms with van der Waals surface area (Å²) < 4.78 is 31.9. The quantitative estimate of drug-likeness (QED) is 0.115. The van der Waals surface area contributed by atoms with Gasteiger partial charge in [-0.15, -0.1) is 0 Å². The normalized spacial score (nSPS) is 14.4. The standard InChI is InChI=1S/C29H21N3O8S2/c1-18(33)30-21-9-13-23(14-10-21)42(38,39)40-26-15-8-20-4-2-3-5-24(20)25(26)16-27-28(34)31(29(35)41-27)17-19-6-11-22(12-7-19)32(36)37/h2-16H,17H2,1H3,(H,30,33)/b27-16-. The van der Waals surface area contributed by atoms with Crippen molar-refractivity contribution in [3.8, 4) is 5.75 Å². The van der Waals surface area contributed by atoms with E-state index in [1.807, 2.05) is 6.07 Å². The number of non-ortho nitro benzene ring substituents is 1. The van der Waals surface area contributed by atoms with E-state index in [0.29, 0.717) is 28.4 Å². The van der Waals surface area contributed by atoms with Crippen LogP contribution in [0.25, 0.3) is 16.8 Å². The largest absolute Gasteiger partial charge is 0.378 e. The van der Waals surface area contributed by atoms with E-state index in [2.05, 4.69) is 5.32 Å². The molecule has 0 atom stereocenters. The minimum atomic E-state index is -4.33. The number of carbonyl (C=O) groups is 3. The van der Waals surface area contributed by atoms with E-state index in [-0.39, 0.29) is 39.3 Å². The molecule has 4 aromatic carbocycles. The Hall–Kier alpha value is -5.01. The van der Waals surface area contributed by atoms with Gasteiger partial charge in [0.05, 0.1) is 16.4 Å². The Kier molecular flexibility index (Phi) is 7.79. The molecule has 0 bridgehead atoms. The molecule has 3 amide bonds. The van der Waals surface area contributed by atoms with Crippen LogP contribution in [0.15, 0.2) is 94.7 Å². The van der Waals surface area contributed by atoms with Crippen LogP contribution in [-0.2, 0) is 26.3 Å². The summed E-state index contributed by atoms with van der Waals surface area (Å²) in [6.45, 7) is 1.24. The van der Waals surface area contributed by atoms with Gasteiger partial charge in [0, 0.05) is 30.3 Å². The van der Waals surface area contributed by atoms with Gasteiger partial charge in [0.2, 0.25) is 5.91 Å². The molecule has 1 fully saturated rings. The molecular formula is C29H21N3O8S2. The number of imide groups is 1. The molecule has 212 valence electrons. The number of hydrogen-bond acceptors (Lipinski definition) is 9. The van der Waals surface area contributed by atoms with E-state index in [0.717, 1.165) is 10.3 Å². The summed E-state index contributed by atoms with van der Waals surface area (Å²) in [6.07, 6.45) is 1.42. The summed E-state index contributed by atoms with van der Waals surface area (Å²) in [7, 11) is -4.33. The van der Waals surface area contributed by atoms with Crippen LogP contribution in [0.1, 0.15) is 18.1 Å². The minimum absolute atomic E-state index is 0.0539. The molecular weight excluding hydrogens is 582 g/mol. The highest BCUT2D eigenvalue weighted by molar-refractivity contribution is 8.18. The molecule has 0 unspecified atom stereocenters. The average molecular weight is 604 g/mol. The first kappa shape index (κ1) is 28.5. The van der Waals surface area contributed by atoms with Gasteiger partial charge in [-0.05, 0) is 64.5 Å². The molecule has 1 saturated heterocycles. The van der Waals surface area contributed by atoms with Crippen LogP contribution in [0.3, 0.4) is 0 Å². The number of carbonyl (C=O) groups excluding carboxylic acids is 3. The predicted octanol–water partition coefficient (Wildman–Crippen LogP) is 5.71. The van der Waals surface area contributed by atoms with Gasteiger partial charge >= 0.3 is 10.1 Å². The highest BCUT2D eigenvalue weighted by Gasteiger charge is 2.35. The number of fused-ring (bicyclic) bond motifs is 1. The predicted molar refractivity (Wildman–Crippen MR) is 157 cm³/mol. The first-order chi connectivity index (χ1) is 20.0. The number of nitro groups is 1. The number of nitrogens with one attached hydrogen (secondary N) is 1. The molecule has 1 heterocycles. The van der Waals surface area contributed by atoms with Crippen LogP contribution in [0.2, 0.25) is 0 Å². The van der Waals surface area contributed by atoms with Gasteiger partial charge in [0.15, 0.2) is 5.75 Å². The molecule has 1 aliphatic rings. The van der Waals surface area contributed by atoms with Gasteiger partial charge in [-0.25, -0.2) is 0 Å². The smallest absolute Gasteiger partial charge is 0.339 e. The summed E-state index contributed by atoms with van der Waals surface area (Å²) in [4.78, 5) is 48.6. The molecule has 1 aliphatic heterocycles. The lowest BCUT2D eigenvalue weighted by molar-refractivity contribution is -0.384. The molecule has 4 aromatic rings. The van der Waals surface area contributed by atoms with Crippen LogP contribution < -0.4 is 9.50 Å². The number of thioether (sulfide) groups is 1. The van der Waals surface area contributed by atoms with Crippen molar-refractivity contribution in [3.63, 3.8) is 0 Å². The third kappa shape index (κ3) is 6.01. The number of benzene rings is 4. The summed E-state index contributed by atoms with van der Waals surface area (Å²) in [5.41, 5.74) is 1.11. The summed E-state index contributed by atoms with van der Waals surface area (Å²) in [6, 6.07) is 21.2. The van der Waals surface area contributed by atoms with Gasteiger partial charge < -0.3 is 9.50 Å². The third-order valence-electron chi connectivity index (χ3n) is 6.23. The van der Waals surface area contributed by atoms with Crippen LogP contribution in [0.4, 0.5) is 16.2 Å². The zero-order chi connectivity index (χ0) is 30.0. The molecule has 11 nitrogen and oxygen atoms in total. The van der Waals surface area contributed by atoms with E-state index >= 15 is 0 Å². The Balaban J connectivity index is 1.47. The summed E-state index contributed by atoms with van der Waals surface area (Å²) in [5, 5.41) is 14.3. The fourth-order valence-electron chi connectivity index (χ4n) is 4.24. The van der Waals surface area contributed by atoms with Crippen molar-refractivity contribution in [1.82, 2.24) is 4.90 Å². The molecule has 0 radical (unpaired) electrons. The Morgan fingerprint density at radius 3 is 2.36 bits per heavy atom. The fraction of sp³-hybridized carbons (Fsp3) is 0.0690. The molecule has 13 heteroatoms. The van der Waals surface area contributed by atoms with Gasteiger partial charge in [-0.2, -0.15) is 8.42 Å². The van der Waals surface area contributed by atoms with Gasteiger partial charge in [-0.3, -0.25) is 29.4 Å². The second kappa shape index (κ2) is 11.5. The van der Waals surface area contributed by atoms with Crippen molar-refractivity contribution in [1.29, 1.82) is 0 Å². The number of nitrogens with zero attached hydrogens (tertiary/aromatic N) is 2. The molecule has 5 rings (SSSR count). The summed E-state index contributed by atoms with van der Waals surface area (Å²) in [5.74, 6) is -0.958. The zero-order valence-electron chi connectivity index (χ0n) is 21.8. The molecule has 0 saturated carbocycles. The first-order valence-electron chi connectivity index (χ1n) is 12.3. The summed E-state index contributed by atoms with van der Waals surface area (Å²) >= 11 is 0.693. The van der Waals surface area contributed by atoms with Gasteiger partial charge in [0.25, 0.3) is 16.8 Å². The van der Waals surface area contributed by atoms with E-state index in [9.17, 15) is 32.9 Å². The Morgan fingerprint density at radius 2 is 1.69 bits per heavy atom. The van der Waals surface area contributed by atoms with Crippen molar-refractivity contribution >= 4 is 67.2 Å². The van der Waals surface area contributed by atoms with Crippen molar-refractivity contribution in [3.05, 3.63) is 111 Å². The fourth-order valence-corrected chi connectivity index (χ4v) is 6.01. The lowest BCUT2D eigenvalue weighted by Gasteiger charge is -2.13. The zero-order valence-corrected chi connectivity index (χ0v) is 23.5. The van der Waals surface area contributed by atoms with E-state index < -0.39 is 26.2 Å². The molecule has 0 aliphatic carbocycles. The maximum Gasteiger partial charge on any atom is 0.339 e. The Bertz CT molecular complexity index is 1890. The lowest BCUT2D eigenvalue weighted by atomic mass is 10.0. The number of amides is 3. The van der Waals surface area contributed by atoms with Crippen molar-refractivity contribution in [2.75, 3.05) is 5.32 Å². The van der Waals surface area contributed by atoms with E-state index in [1.165, 1.54) is 67.6 Å². The van der Waals surface area contributed by atoms with Crippen molar-refractivity contribution in [2.45, 2.75) is 18.4 Å². The molecule has 1 N–H and O–H groups in total. The van der Waals surface area contributed by atoms with Crippen molar-refractivity contribution < 1.29 is 31.9 Å². The van der Waals surface area contributed by atoms with Gasteiger partial charge in [0.1, 0.15) is 4.90 Å². The van der Waals surface area contributed by atoms with Crippen LogP contribution in [0, 0.1) is 10.1 Å². The highest BCUT2D eigenvalue weighted by atomic mass is 32.2. The monoisotopic (exact) mass is 603 g/mol. The van der Waals surface area contributed by atoms with E-state index in [4.69, 9.17) is 4.18 Å². The van der Waals surface area contributed by atoms with Gasteiger partial charge in [-0.1, -0.05) is 42.5 Å². The molecule has 0 aromatic heterocycles. The number of rotatable bonds is 8. The van der Waals surface area contributed by atoms with Crippen LogP contribution in [0.5, 0.6) is 5.75 Å². The molecule has 0 spiro atoms. The first-order valence-corrected chi connectivity index (χ1v) is 14.6. The number of anilines is 1. The average Bonchev–Trinajstić information content (AvgIpc) is 3.21. The second-order valence-electron chi connectivity index (χ2n) is 9.13. The van der Waals surface area contributed by atoms with Crippen LogP contribution >= 0.6 is 11.8 Å². The number of nitro benzene ring substituents is 1.